The highest BCUT2D eigenvalue weighted by Gasteiger charge is 2.30. The van der Waals surface area contributed by atoms with Crippen LogP contribution in [0.4, 0.5) is 5.69 Å². The van der Waals surface area contributed by atoms with Gasteiger partial charge in [-0.15, -0.1) is 0 Å². The number of likely N-dealkylation sites (N-methyl/N-ethyl adjacent to an activating group) is 1. The molecule has 1 aromatic carbocycles. The number of ketones is 1. The van der Waals surface area contributed by atoms with E-state index >= 15 is 0 Å². The molecule has 0 N–H and O–H groups in total. The van der Waals surface area contributed by atoms with Crippen LogP contribution in [0.2, 0.25) is 0 Å². The van der Waals surface area contributed by atoms with Crippen LogP contribution < -0.4 is 9.64 Å². The fourth-order valence-corrected chi connectivity index (χ4v) is 2.93. The molecule has 1 heterocycles. The van der Waals surface area contributed by atoms with Gasteiger partial charge in [0.05, 0.1) is 11.8 Å². The number of hydrogen-bond acceptors (Lipinski definition) is 6. The summed E-state index contributed by atoms with van der Waals surface area (Å²) in [4.78, 5) is 25.3. The van der Waals surface area contributed by atoms with Crippen LogP contribution in [0.1, 0.15) is 17.3 Å². The summed E-state index contributed by atoms with van der Waals surface area (Å²) in [5, 5.41) is 7.20. The minimum absolute atomic E-state index is 0.0796. The third-order valence-corrected chi connectivity index (χ3v) is 5.33. The summed E-state index contributed by atoms with van der Waals surface area (Å²) >= 11 is 0. The molecule has 7 nitrogen and oxygen atoms in total. The van der Waals surface area contributed by atoms with Gasteiger partial charge in [-0.3, -0.25) is 9.59 Å². The molecule has 0 fully saturated rings. The molecule has 2 rings (SSSR count). The number of benzene rings is 1. The number of Topliss-reactive ketones (excluding diaryl/α,β-unsaturated/α-hetero) is 1. The van der Waals surface area contributed by atoms with Crippen LogP contribution in [-0.2, 0) is 14.6 Å². The van der Waals surface area contributed by atoms with E-state index in [4.69, 9.17) is 10.00 Å². The van der Waals surface area contributed by atoms with Crippen LogP contribution in [0.5, 0.6) is 5.75 Å². The Kier molecular flexibility index (Phi) is 4.19. The molecule has 1 aromatic rings. The fourth-order valence-electron chi connectivity index (χ4n) is 2.04. The van der Waals surface area contributed by atoms with Gasteiger partial charge >= 0.3 is 0 Å². The topological polar surface area (TPSA) is 105 Å². The summed E-state index contributed by atoms with van der Waals surface area (Å²) in [7, 11) is -2.28. The van der Waals surface area contributed by atoms with Crippen LogP contribution >= 0.6 is 0 Å². The molecule has 1 aliphatic heterocycles. The third-order valence-electron chi connectivity index (χ3n) is 3.50. The van der Waals surface area contributed by atoms with Crippen molar-refractivity contribution in [1.82, 2.24) is 0 Å². The standard InChI is InChI=1S/C14H14N2O5S/c1-9(22(19,20)6-5-15)14(18)10-3-4-12-11(7-10)16(2)13(17)8-21-12/h3-4,7,9H,6,8H2,1-2H3. The maximum absolute atomic E-state index is 12.3. The number of fused-ring (bicyclic) bond motifs is 1. The van der Waals surface area contributed by atoms with Gasteiger partial charge in [0, 0.05) is 12.6 Å². The Morgan fingerprint density at radius 2 is 2.18 bits per heavy atom. The summed E-state index contributed by atoms with van der Waals surface area (Å²) in [6.45, 7) is 1.17. The number of nitrogens with zero attached hydrogens (tertiary/aromatic N) is 2. The highest BCUT2D eigenvalue weighted by molar-refractivity contribution is 7.93. The maximum atomic E-state index is 12.3. The van der Waals surface area contributed by atoms with E-state index in [-0.39, 0.29) is 18.1 Å². The molecule has 1 aliphatic rings. The van der Waals surface area contributed by atoms with Crippen LogP contribution in [-0.4, -0.2) is 44.8 Å². The smallest absolute Gasteiger partial charge is 0.264 e. The number of ether oxygens (including phenoxy) is 1. The van der Waals surface area contributed by atoms with E-state index in [0.717, 1.165) is 0 Å². The Morgan fingerprint density at radius 1 is 1.50 bits per heavy atom. The first-order valence-corrected chi connectivity index (χ1v) is 8.15. The van der Waals surface area contributed by atoms with E-state index in [1.165, 1.54) is 30.0 Å². The van der Waals surface area contributed by atoms with Gasteiger partial charge in [-0.05, 0) is 25.1 Å². The number of carbonyl (C=O) groups excluding carboxylic acids is 2. The Morgan fingerprint density at radius 3 is 2.82 bits per heavy atom. The van der Waals surface area contributed by atoms with E-state index in [9.17, 15) is 18.0 Å². The summed E-state index contributed by atoms with van der Waals surface area (Å²) in [5.41, 5.74) is 0.560. The van der Waals surface area contributed by atoms with E-state index < -0.39 is 26.6 Å². The lowest BCUT2D eigenvalue weighted by atomic mass is 10.1. The highest BCUT2D eigenvalue weighted by atomic mass is 32.2. The second-order valence-electron chi connectivity index (χ2n) is 4.90. The van der Waals surface area contributed by atoms with Crippen molar-refractivity contribution in [1.29, 1.82) is 5.26 Å². The Balaban J connectivity index is 2.37. The quantitative estimate of drug-likeness (QED) is 0.750. The summed E-state index contributed by atoms with van der Waals surface area (Å²) in [6.07, 6.45) is 0. The molecule has 1 atom stereocenters. The lowest BCUT2D eigenvalue weighted by Crippen LogP contribution is -2.36. The van der Waals surface area contributed by atoms with Gasteiger partial charge < -0.3 is 9.64 Å². The second-order valence-corrected chi connectivity index (χ2v) is 7.22. The first-order valence-electron chi connectivity index (χ1n) is 6.44. The number of hydrogen-bond donors (Lipinski definition) is 0. The molecule has 8 heteroatoms. The maximum Gasteiger partial charge on any atom is 0.264 e. The van der Waals surface area contributed by atoms with Crippen molar-refractivity contribution in [3.05, 3.63) is 23.8 Å². The van der Waals surface area contributed by atoms with E-state index in [1.807, 2.05) is 0 Å². The molecular weight excluding hydrogens is 308 g/mol. The van der Waals surface area contributed by atoms with Crippen molar-refractivity contribution in [2.24, 2.45) is 0 Å². The monoisotopic (exact) mass is 322 g/mol. The van der Waals surface area contributed by atoms with E-state index in [1.54, 1.807) is 13.1 Å². The van der Waals surface area contributed by atoms with Gasteiger partial charge in [-0.2, -0.15) is 5.26 Å². The predicted molar refractivity (Wildman–Crippen MR) is 78.5 cm³/mol. The van der Waals surface area contributed by atoms with E-state index in [0.29, 0.717) is 11.4 Å². The molecule has 0 radical (unpaired) electrons. The van der Waals surface area contributed by atoms with Crippen LogP contribution in [0.25, 0.3) is 0 Å². The lowest BCUT2D eigenvalue weighted by molar-refractivity contribution is -0.120. The summed E-state index contributed by atoms with van der Waals surface area (Å²) < 4.78 is 28.9. The Hall–Kier alpha value is -2.40. The number of anilines is 1. The zero-order valence-corrected chi connectivity index (χ0v) is 12.9. The van der Waals surface area contributed by atoms with Gasteiger partial charge in [-0.25, -0.2) is 8.42 Å². The van der Waals surface area contributed by atoms with Crippen molar-refractivity contribution in [3.63, 3.8) is 0 Å². The SMILES string of the molecule is CC(C(=O)c1ccc2c(c1)N(C)C(=O)CO2)S(=O)(=O)CC#N. The van der Waals surface area contributed by atoms with Crippen molar-refractivity contribution < 1.29 is 22.7 Å². The minimum atomic E-state index is -3.83. The van der Waals surface area contributed by atoms with Crippen LogP contribution in [0, 0.1) is 11.3 Å². The molecule has 22 heavy (non-hydrogen) atoms. The van der Waals surface area contributed by atoms with Gasteiger partial charge in [0.15, 0.2) is 22.2 Å². The van der Waals surface area contributed by atoms with Crippen molar-refractivity contribution in [2.45, 2.75) is 12.2 Å². The molecule has 0 aromatic heterocycles. The zero-order chi connectivity index (χ0) is 16.5. The molecular formula is C14H14N2O5S. The molecule has 0 spiro atoms. The summed E-state index contributed by atoms with van der Waals surface area (Å²) in [5.74, 6) is -1.15. The molecule has 116 valence electrons. The average molecular weight is 322 g/mol. The average Bonchev–Trinajstić information content (AvgIpc) is 2.49. The fraction of sp³-hybridized carbons (Fsp3) is 0.357. The number of carbonyl (C=O) groups is 2. The van der Waals surface area contributed by atoms with Gasteiger partial charge in [-0.1, -0.05) is 0 Å². The molecule has 0 aliphatic carbocycles. The Bertz CT molecular complexity index is 779. The minimum Gasteiger partial charge on any atom is -0.482 e. The van der Waals surface area contributed by atoms with Crippen molar-refractivity contribution >= 4 is 27.2 Å². The lowest BCUT2D eigenvalue weighted by Gasteiger charge is -2.26. The van der Waals surface area contributed by atoms with Gasteiger partial charge in [0.2, 0.25) is 0 Å². The van der Waals surface area contributed by atoms with Crippen LogP contribution in [0.3, 0.4) is 0 Å². The second kappa shape index (κ2) is 5.77. The molecule has 0 saturated carbocycles. The highest BCUT2D eigenvalue weighted by Crippen LogP contribution is 2.32. The molecule has 1 unspecified atom stereocenters. The van der Waals surface area contributed by atoms with Gasteiger partial charge in [0.25, 0.3) is 5.91 Å². The predicted octanol–water partition coefficient (Wildman–Crippen LogP) is 0.551. The van der Waals surface area contributed by atoms with Crippen LogP contribution in [0.15, 0.2) is 18.2 Å². The molecule has 0 bridgehead atoms. The zero-order valence-electron chi connectivity index (χ0n) is 12.1. The van der Waals surface area contributed by atoms with Crippen molar-refractivity contribution in [2.75, 3.05) is 24.3 Å². The Labute approximate surface area is 128 Å². The first kappa shape index (κ1) is 16.0. The van der Waals surface area contributed by atoms with E-state index in [2.05, 4.69) is 0 Å². The third kappa shape index (κ3) is 2.80. The number of sulfone groups is 1. The largest absolute Gasteiger partial charge is 0.482 e. The first-order chi connectivity index (χ1) is 10.3. The summed E-state index contributed by atoms with van der Waals surface area (Å²) in [6, 6.07) is 5.94. The molecule has 1 amide bonds. The molecule has 0 saturated heterocycles. The number of nitriles is 1. The number of rotatable bonds is 4. The number of amides is 1. The van der Waals surface area contributed by atoms with Gasteiger partial charge in [0.1, 0.15) is 16.8 Å². The normalized spacial score (nSPS) is 15.5. The van der Waals surface area contributed by atoms with Crippen molar-refractivity contribution in [3.8, 4) is 11.8 Å².